The molecule has 0 spiro atoms. The number of nitrogens with one attached hydrogen (secondary N) is 1. The Morgan fingerprint density at radius 2 is 1.92 bits per heavy atom. The van der Waals surface area contributed by atoms with Crippen molar-refractivity contribution in [1.82, 2.24) is 4.98 Å². The first-order valence-corrected chi connectivity index (χ1v) is 7.84. The van der Waals surface area contributed by atoms with Gasteiger partial charge >= 0.3 is 5.97 Å². The van der Waals surface area contributed by atoms with Gasteiger partial charge in [-0.2, -0.15) is 0 Å². The second-order valence-electron chi connectivity index (χ2n) is 5.73. The van der Waals surface area contributed by atoms with E-state index in [2.05, 4.69) is 4.98 Å². The molecule has 0 aliphatic carbocycles. The van der Waals surface area contributed by atoms with Gasteiger partial charge in [-0.15, -0.1) is 0 Å². The first-order valence-electron chi connectivity index (χ1n) is 7.84. The van der Waals surface area contributed by atoms with Crippen molar-refractivity contribution < 1.29 is 23.8 Å². The number of Topliss-reactive ketones (excluding diaryl/α,β-unsaturated/α-hetero) is 1. The predicted octanol–water partition coefficient (Wildman–Crippen LogP) is 3.32. The Morgan fingerprint density at radius 1 is 1.12 bits per heavy atom. The molecule has 1 aliphatic rings. The number of H-pyrrole nitrogens is 1. The number of esters is 1. The van der Waals surface area contributed by atoms with E-state index in [0.717, 1.165) is 10.9 Å². The number of hydrogen-bond acceptors (Lipinski definition) is 5. The zero-order valence-corrected chi connectivity index (χ0v) is 13.4. The van der Waals surface area contributed by atoms with Gasteiger partial charge in [-0.3, -0.25) is 4.79 Å². The second-order valence-corrected chi connectivity index (χ2v) is 5.73. The van der Waals surface area contributed by atoms with Gasteiger partial charge in [-0.05, 0) is 31.2 Å². The number of ketones is 1. The summed E-state index contributed by atoms with van der Waals surface area (Å²) in [5, 5.41) is 0.804. The summed E-state index contributed by atoms with van der Waals surface area (Å²) in [6.45, 7) is 1.69. The van der Waals surface area contributed by atoms with Gasteiger partial charge in [0.25, 0.3) is 0 Å². The molecule has 0 unspecified atom stereocenters. The van der Waals surface area contributed by atoms with Crippen LogP contribution in [0, 0.1) is 0 Å². The molecule has 0 saturated heterocycles. The number of aromatic amines is 1. The fraction of sp³-hybridized carbons (Fsp3) is 0.158. The third-order valence-corrected chi connectivity index (χ3v) is 4.12. The van der Waals surface area contributed by atoms with Crippen molar-refractivity contribution in [2.75, 3.05) is 6.79 Å². The van der Waals surface area contributed by atoms with Crippen LogP contribution in [0.1, 0.15) is 27.6 Å². The smallest absolute Gasteiger partial charge is 0.338 e. The lowest BCUT2D eigenvalue weighted by Crippen LogP contribution is -2.24. The van der Waals surface area contributed by atoms with Gasteiger partial charge in [0.2, 0.25) is 12.6 Å². The summed E-state index contributed by atoms with van der Waals surface area (Å²) < 4.78 is 15.8. The molecule has 0 radical (unpaired) electrons. The highest BCUT2D eigenvalue weighted by Crippen LogP contribution is 2.32. The van der Waals surface area contributed by atoms with E-state index in [4.69, 9.17) is 14.2 Å². The van der Waals surface area contributed by atoms with Gasteiger partial charge in [0.15, 0.2) is 17.6 Å². The van der Waals surface area contributed by atoms with Crippen LogP contribution in [-0.2, 0) is 4.74 Å². The molecule has 6 heteroatoms. The number of carbonyl (C=O) groups is 2. The molecule has 1 N–H and O–H groups in total. The summed E-state index contributed by atoms with van der Waals surface area (Å²) in [6, 6.07) is 12.3. The van der Waals surface area contributed by atoms with Gasteiger partial charge in [0.1, 0.15) is 0 Å². The van der Waals surface area contributed by atoms with Crippen molar-refractivity contribution in [1.29, 1.82) is 0 Å². The molecule has 0 amide bonds. The van der Waals surface area contributed by atoms with E-state index in [-0.39, 0.29) is 12.6 Å². The maximum atomic E-state index is 12.6. The van der Waals surface area contributed by atoms with E-state index in [1.165, 1.54) is 0 Å². The third kappa shape index (κ3) is 2.71. The standard InChI is InChI=1S/C19H15NO5/c1-11(18(21)14-9-20-15-5-3-2-4-13(14)15)25-19(22)12-6-7-16-17(8-12)24-10-23-16/h2-9,11,20H,10H2,1H3/t11-/m0/s1. The molecule has 3 aromatic rings. The van der Waals surface area contributed by atoms with Gasteiger partial charge < -0.3 is 19.2 Å². The van der Waals surface area contributed by atoms with Crippen LogP contribution in [0.15, 0.2) is 48.7 Å². The van der Waals surface area contributed by atoms with Crippen LogP contribution in [0.3, 0.4) is 0 Å². The average molecular weight is 337 g/mol. The maximum absolute atomic E-state index is 12.6. The number of carbonyl (C=O) groups excluding carboxylic acids is 2. The molecule has 126 valence electrons. The van der Waals surface area contributed by atoms with E-state index in [1.807, 2.05) is 24.3 Å². The van der Waals surface area contributed by atoms with Crippen molar-refractivity contribution in [3.63, 3.8) is 0 Å². The minimum Gasteiger partial charge on any atom is -0.454 e. The van der Waals surface area contributed by atoms with E-state index < -0.39 is 12.1 Å². The normalized spacial score (nSPS) is 13.6. The van der Waals surface area contributed by atoms with Gasteiger partial charge in [0, 0.05) is 22.7 Å². The molecule has 2 heterocycles. The molecule has 1 aliphatic heterocycles. The van der Waals surface area contributed by atoms with E-state index in [0.29, 0.717) is 22.6 Å². The number of ether oxygens (including phenoxy) is 3. The van der Waals surface area contributed by atoms with Crippen LogP contribution in [0.5, 0.6) is 11.5 Å². The largest absolute Gasteiger partial charge is 0.454 e. The summed E-state index contributed by atoms with van der Waals surface area (Å²) in [4.78, 5) is 28.0. The number of benzene rings is 2. The van der Waals surface area contributed by atoms with Gasteiger partial charge in [-0.1, -0.05) is 18.2 Å². The SMILES string of the molecule is C[C@H](OC(=O)c1ccc2c(c1)OCO2)C(=O)c1c[nH]c2ccccc12. The lowest BCUT2D eigenvalue weighted by atomic mass is 10.1. The topological polar surface area (TPSA) is 77.6 Å². The van der Waals surface area contributed by atoms with Crippen molar-refractivity contribution in [2.45, 2.75) is 13.0 Å². The van der Waals surface area contributed by atoms with Gasteiger partial charge in [0.05, 0.1) is 5.56 Å². The molecule has 6 nitrogen and oxygen atoms in total. The van der Waals surface area contributed by atoms with Crippen LogP contribution in [0.25, 0.3) is 10.9 Å². The van der Waals surface area contributed by atoms with Crippen LogP contribution >= 0.6 is 0 Å². The zero-order valence-electron chi connectivity index (χ0n) is 13.4. The lowest BCUT2D eigenvalue weighted by molar-refractivity contribution is 0.0319. The number of para-hydroxylation sites is 1. The van der Waals surface area contributed by atoms with Gasteiger partial charge in [-0.25, -0.2) is 4.79 Å². The number of hydrogen-bond donors (Lipinski definition) is 1. The number of fused-ring (bicyclic) bond motifs is 2. The van der Waals surface area contributed by atoms with Crippen LogP contribution in [-0.4, -0.2) is 29.6 Å². The van der Waals surface area contributed by atoms with E-state index in [1.54, 1.807) is 31.3 Å². The van der Waals surface area contributed by atoms with Crippen molar-refractivity contribution >= 4 is 22.7 Å². The molecule has 0 fully saturated rings. The van der Waals surface area contributed by atoms with Crippen molar-refractivity contribution in [3.05, 3.63) is 59.8 Å². The fourth-order valence-electron chi connectivity index (χ4n) is 2.80. The second kappa shape index (κ2) is 5.98. The van der Waals surface area contributed by atoms with Crippen LogP contribution in [0.2, 0.25) is 0 Å². The Bertz CT molecular complexity index is 975. The molecule has 0 bridgehead atoms. The molecule has 0 saturated carbocycles. The number of rotatable bonds is 4. The predicted molar refractivity (Wildman–Crippen MR) is 90.1 cm³/mol. The highest BCUT2D eigenvalue weighted by molar-refractivity contribution is 6.10. The minimum atomic E-state index is -0.905. The Morgan fingerprint density at radius 3 is 2.80 bits per heavy atom. The molecular weight excluding hydrogens is 322 g/mol. The summed E-state index contributed by atoms with van der Waals surface area (Å²) in [5.74, 6) is 0.232. The highest BCUT2D eigenvalue weighted by atomic mass is 16.7. The molecular formula is C19H15NO5. The lowest BCUT2D eigenvalue weighted by Gasteiger charge is -2.12. The fourth-order valence-corrected chi connectivity index (χ4v) is 2.80. The highest BCUT2D eigenvalue weighted by Gasteiger charge is 2.24. The summed E-state index contributed by atoms with van der Waals surface area (Å²) in [5.41, 5.74) is 1.67. The summed E-state index contributed by atoms with van der Waals surface area (Å²) in [7, 11) is 0. The van der Waals surface area contributed by atoms with Crippen molar-refractivity contribution in [2.24, 2.45) is 0 Å². The number of aromatic nitrogens is 1. The molecule has 1 aromatic heterocycles. The maximum Gasteiger partial charge on any atom is 0.338 e. The zero-order chi connectivity index (χ0) is 17.4. The molecule has 1 atom stereocenters. The molecule has 4 rings (SSSR count). The van der Waals surface area contributed by atoms with Crippen LogP contribution in [0.4, 0.5) is 0 Å². The molecule has 2 aromatic carbocycles. The Hall–Kier alpha value is -3.28. The van der Waals surface area contributed by atoms with Crippen LogP contribution < -0.4 is 9.47 Å². The average Bonchev–Trinajstić information content (AvgIpc) is 3.26. The Balaban J connectivity index is 1.52. The Labute approximate surface area is 143 Å². The first-order chi connectivity index (χ1) is 12.1. The minimum absolute atomic E-state index is 0.128. The van der Waals surface area contributed by atoms with Crippen molar-refractivity contribution in [3.8, 4) is 11.5 Å². The Kier molecular flexibility index (Phi) is 3.65. The monoisotopic (exact) mass is 337 g/mol. The van der Waals surface area contributed by atoms with E-state index >= 15 is 0 Å². The summed E-state index contributed by atoms with van der Waals surface area (Å²) >= 11 is 0. The summed E-state index contributed by atoms with van der Waals surface area (Å²) in [6.07, 6.45) is 0.731. The first kappa shape index (κ1) is 15.3. The molecule has 25 heavy (non-hydrogen) atoms. The quantitative estimate of drug-likeness (QED) is 0.584. The van der Waals surface area contributed by atoms with E-state index in [9.17, 15) is 9.59 Å². The third-order valence-electron chi connectivity index (χ3n) is 4.12.